The molecule has 7 aromatic carbocycles. The van der Waals surface area contributed by atoms with Crippen LogP contribution in [0, 0.1) is 0 Å². The molecule has 5 heterocycles. The Labute approximate surface area is 368 Å². The fourth-order valence-electron chi connectivity index (χ4n) is 9.84. The number of hydrogen-bond acceptors (Lipinski definition) is 1. The predicted octanol–water partition coefficient (Wildman–Crippen LogP) is 13.0. The van der Waals surface area contributed by atoms with Gasteiger partial charge < -0.3 is 4.74 Å². The van der Waals surface area contributed by atoms with E-state index in [9.17, 15) is 4.11 Å². The molecule has 0 bridgehead atoms. The smallest absolute Gasteiger partial charge is 0.392 e. The van der Waals surface area contributed by atoms with Crippen molar-refractivity contribution in [3.63, 3.8) is 0 Å². The minimum atomic E-state index is -1.71. The number of benzene rings is 7. The molecule has 4 nitrogen and oxygen atoms in total. The van der Waals surface area contributed by atoms with Crippen molar-refractivity contribution in [2.24, 2.45) is 0 Å². The molecule has 9 aromatic rings. The Morgan fingerprint density at radius 1 is 0.574 bits per heavy atom. The molecule has 1 spiro atoms. The maximum atomic E-state index is 10.2. The van der Waals surface area contributed by atoms with Crippen molar-refractivity contribution in [1.29, 1.82) is 0 Å². The summed E-state index contributed by atoms with van der Waals surface area (Å²) in [5.41, 5.74) is 12.0. The lowest BCUT2D eigenvalue weighted by atomic mass is 9.79. The summed E-state index contributed by atoms with van der Waals surface area (Å²) in [5.74, 6) is -0.410. The summed E-state index contributed by atoms with van der Waals surface area (Å²) in [5, 5.41) is 0. The molecule has 0 amide bonds. The first-order valence-corrected chi connectivity index (χ1v) is 20.9. The zero-order valence-corrected chi connectivity index (χ0v) is 34.9. The van der Waals surface area contributed by atoms with Gasteiger partial charge in [0.15, 0.2) is 17.2 Å². The van der Waals surface area contributed by atoms with E-state index in [2.05, 4.69) is 142 Å². The molecule has 3 aliphatic rings. The second-order valence-corrected chi connectivity index (χ2v) is 18.4. The van der Waals surface area contributed by atoms with Gasteiger partial charge in [0, 0.05) is 28.8 Å². The third kappa shape index (κ3) is 4.99. The highest BCUT2D eigenvalue weighted by molar-refractivity contribution is 5.99. The second kappa shape index (κ2) is 12.5. The van der Waals surface area contributed by atoms with E-state index in [-0.39, 0.29) is 34.5 Å². The van der Waals surface area contributed by atoms with Crippen LogP contribution in [0.5, 0.6) is 5.75 Å². The topological polar surface area (TPSA) is 21.9 Å². The van der Waals surface area contributed by atoms with Crippen molar-refractivity contribution in [3.05, 3.63) is 193 Å². The predicted molar refractivity (Wildman–Crippen MR) is 247 cm³/mol. The van der Waals surface area contributed by atoms with Crippen molar-refractivity contribution in [3.8, 4) is 78.6 Å². The molecular weight excluding hydrogens is 743 g/mol. The van der Waals surface area contributed by atoms with Gasteiger partial charge in [0.05, 0.1) is 15.2 Å². The summed E-state index contributed by atoms with van der Waals surface area (Å²) in [6, 6.07) is 40.5. The normalized spacial score (nSPS) is 17.4. The number of nitrogens with zero attached hydrogens (tertiary/aromatic N) is 3. The summed E-state index contributed by atoms with van der Waals surface area (Å²) in [6.45, 7) is 13.1. The van der Waals surface area contributed by atoms with Crippen LogP contribution in [0.2, 0.25) is 0 Å². The number of fused-ring (bicyclic) bond motifs is 5. The molecule has 0 N–H and O–H groups in total. The zero-order chi connectivity index (χ0) is 48.4. The van der Waals surface area contributed by atoms with Crippen LogP contribution in [-0.4, -0.2) is 4.57 Å². The van der Waals surface area contributed by atoms with E-state index in [1.807, 2.05) is 36.4 Å². The number of imidazole rings is 1. The third-order valence-electron chi connectivity index (χ3n) is 12.6. The molecule has 0 saturated heterocycles. The lowest BCUT2D eigenvalue weighted by Crippen LogP contribution is -2.78. The fourth-order valence-corrected chi connectivity index (χ4v) is 9.84. The average Bonchev–Trinajstić information content (AvgIpc) is 3.84. The van der Waals surface area contributed by atoms with Gasteiger partial charge >= 0.3 is 11.7 Å². The molecule has 61 heavy (non-hydrogen) atoms. The Morgan fingerprint density at radius 2 is 1.25 bits per heavy atom. The average molecular weight is 798 g/mol. The van der Waals surface area contributed by atoms with Gasteiger partial charge in [-0.15, -0.1) is 9.13 Å². The minimum absolute atomic E-state index is 0.213. The van der Waals surface area contributed by atoms with Gasteiger partial charge in [-0.05, 0) is 98.3 Å². The summed E-state index contributed by atoms with van der Waals surface area (Å²) in [4.78, 5) is 0. The summed E-state index contributed by atoms with van der Waals surface area (Å²) in [6.07, 6.45) is -0.341. The standard InChI is InChI=1S/C57H47N3O/c1-55(2,3)40-32-45-41-26-18-27-48-53(41)60-54(59(48)50-35-43(37-21-12-8-13-22-37)47(56(4,5)6)34-44(50)38-23-14-9-15-24-38)42-25-16-17-28-51(42)61-57(60)52(45)46(33-40)49-31-39(29-30-58(49)57)36-19-10-7-11-20-36/h7-35H,1-6H3/q+2/i7D,10D,11D,19D,20D,29D,30D,31D. The van der Waals surface area contributed by atoms with Crippen molar-refractivity contribution in [2.75, 3.05) is 0 Å². The van der Waals surface area contributed by atoms with Crippen LogP contribution in [0.1, 0.15) is 69.2 Å². The van der Waals surface area contributed by atoms with Gasteiger partial charge in [0.2, 0.25) is 5.69 Å². The Hall–Kier alpha value is -7.04. The first-order valence-electron chi connectivity index (χ1n) is 24.9. The van der Waals surface area contributed by atoms with Crippen molar-refractivity contribution >= 4 is 11.0 Å². The Kier molecular flexibility index (Phi) is 5.83. The number of aromatic nitrogens is 3. The summed E-state index contributed by atoms with van der Waals surface area (Å²) >= 11 is 0. The van der Waals surface area contributed by atoms with Crippen LogP contribution in [-0.2, 0) is 16.7 Å². The SMILES string of the molecule is [2H]c1c([2H])c([2H])c(-c2c([2H])c([2H])[n+]3c(c2[2H])-c2cc(C(C)(C)C)cc4c2C32Oc3ccccc3-c3n(-c5cc(-c6ccccc6)c(C(C)(C)C)cc5-c5ccccc5)c5cccc-4c5[n+]32)c([2H])c1[2H]. The van der Waals surface area contributed by atoms with Crippen molar-refractivity contribution < 1.29 is 24.8 Å². The van der Waals surface area contributed by atoms with E-state index in [0.29, 0.717) is 16.9 Å². The zero-order valence-electron chi connectivity index (χ0n) is 42.9. The monoisotopic (exact) mass is 797 g/mol. The number of para-hydroxylation sites is 2. The lowest BCUT2D eigenvalue weighted by Gasteiger charge is -2.33. The highest BCUT2D eigenvalue weighted by atomic mass is 16.5. The van der Waals surface area contributed by atoms with E-state index in [1.54, 1.807) is 4.57 Å². The van der Waals surface area contributed by atoms with Crippen LogP contribution in [0.25, 0.3) is 83.9 Å². The molecule has 12 rings (SSSR count). The lowest BCUT2D eigenvalue weighted by molar-refractivity contribution is -0.997. The van der Waals surface area contributed by atoms with E-state index in [1.165, 1.54) is 5.56 Å². The van der Waals surface area contributed by atoms with Gasteiger partial charge in [-0.25, -0.2) is 0 Å². The first-order chi connectivity index (χ1) is 32.9. The van der Waals surface area contributed by atoms with Gasteiger partial charge in [-0.1, -0.05) is 151 Å². The van der Waals surface area contributed by atoms with E-state index >= 15 is 0 Å². The Morgan fingerprint density at radius 3 is 1.97 bits per heavy atom. The molecule has 0 radical (unpaired) electrons. The quantitative estimate of drug-likeness (QED) is 0.163. The van der Waals surface area contributed by atoms with E-state index in [0.717, 1.165) is 67.1 Å². The maximum absolute atomic E-state index is 10.2. The molecule has 0 fully saturated rings. The molecule has 2 aromatic heterocycles. The van der Waals surface area contributed by atoms with Crippen LogP contribution < -0.4 is 13.9 Å². The number of rotatable bonds is 4. The van der Waals surface area contributed by atoms with E-state index in [4.69, 9.17) is 11.6 Å². The largest absolute Gasteiger partial charge is 0.499 e. The molecule has 294 valence electrons. The van der Waals surface area contributed by atoms with Gasteiger partial charge in [0.1, 0.15) is 23.9 Å². The van der Waals surface area contributed by atoms with Crippen LogP contribution in [0.15, 0.2) is 176 Å². The summed E-state index contributed by atoms with van der Waals surface area (Å²) < 4.78 is 87.4. The molecule has 4 heteroatoms. The molecule has 0 saturated carbocycles. The minimum Gasteiger partial charge on any atom is -0.392 e. The molecular formula is C57H47N3O+2. The highest BCUT2D eigenvalue weighted by Gasteiger charge is 2.68. The first kappa shape index (κ1) is 28.4. The van der Waals surface area contributed by atoms with Gasteiger partial charge in [0.25, 0.3) is 0 Å². The Bertz CT molecular complexity index is 3730. The highest BCUT2D eigenvalue weighted by Crippen LogP contribution is 2.55. The van der Waals surface area contributed by atoms with Crippen LogP contribution in [0.4, 0.5) is 0 Å². The van der Waals surface area contributed by atoms with Crippen LogP contribution in [0.3, 0.4) is 0 Å². The van der Waals surface area contributed by atoms with E-state index < -0.39 is 47.5 Å². The van der Waals surface area contributed by atoms with Crippen molar-refractivity contribution in [1.82, 2.24) is 4.57 Å². The van der Waals surface area contributed by atoms with Gasteiger partial charge in [-0.3, -0.25) is 0 Å². The molecule has 1 unspecified atom stereocenters. The number of ether oxygens (including phenoxy) is 1. The van der Waals surface area contributed by atoms with Crippen LogP contribution >= 0.6 is 0 Å². The number of hydrogen-bond donors (Lipinski definition) is 0. The molecule has 3 aliphatic heterocycles. The molecule has 1 atom stereocenters. The fraction of sp³-hybridized carbons (Fsp3) is 0.158. The third-order valence-corrected chi connectivity index (χ3v) is 12.6. The molecule has 0 aliphatic carbocycles. The number of pyridine rings is 1. The maximum Gasteiger partial charge on any atom is 0.499 e. The second-order valence-electron chi connectivity index (χ2n) is 18.4. The van der Waals surface area contributed by atoms with Gasteiger partial charge in [-0.2, -0.15) is 4.57 Å². The summed E-state index contributed by atoms with van der Waals surface area (Å²) in [7, 11) is 0. The Balaban J connectivity index is 1.30. The van der Waals surface area contributed by atoms with Crippen molar-refractivity contribution in [2.45, 2.75) is 58.2 Å².